The molecule has 168 valence electrons. The molecule has 1 fully saturated rings. The van der Waals surface area contributed by atoms with Crippen molar-refractivity contribution in [2.24, 2.45) is 0 Å². The molecule has 0 bridgehead atoms. The summed E-state index contributed by atoms with van der Waals surface area (Å²) in [6.45, 7) is 1.77. The van der Waals surface area contributed by atoms with Crippen molar-refractivity contribution in [1.82, 2.24) is 25.1 Å². The molecule has 5 rings (SSSR count). The molecule has 0 radical (unpaired) electrons. The fraction of sp³-hybridized carbons (Fsp3) is 0.217. The number of nitrogens with zero attached hydrogens (tertiary/aromatic N) is 4. The first-order valence-electron chi connectivity index (χ1n) is 10.6. The van der Waals surface area contributed by atoms with Gasteiger partial charge in [0.25, 0.3) is 5.91 Å². The average Bonchev–Trinajstić information content (AvgIpc) is 3.24. The Morgan fingerprint density at radius 1 is 1.18 bits per heavy atom. The second-order valence-electron chi connectivity index (χ2n) is 7.87. The van der Waals surface area contributed by atoms with Crippen LogP contribution in [0.5, 0.6) is 0 Å². The number of nitrogens with one attached hydrogen (secondary N) is 2. The molecule has 4 aromatic rings. The van der Waals surface area contributed by atoms with Crippen LogP contribution in [0.2, 0.25) is 10.0 Å². The summed E-state index contributed by atoms with van der Waals surface area (Å²) in [5.74, 6) is 0.476. The van der Waals surface area contributed by atoms with Gasteiger partial charge in [0.15, 0.2) is 0 Å². The minimum atomic E-state index is -0.310. The van der Waals surface area contributed by atoms with E-state index in [1.54, 1.807) is 48.8 Å². The molecule has 4 heterocycles. The van der Waals surface area contributed by atoms with Crippen molar-refractivity contribution in [3.05, 3.63) is 64.4 Å². The highest BCUT2D eigenvalue weighted by Crippen LogP contribution is 2.39. The first kappa shape index (κ1) is 21.6. The summed E-state index contributed by atoms with van der Waals surface area (Å²) in [5, 5.41) is 12.5. The number of halogens is 2. The van der Waals surface area contributed by atoms with Crippen LogP contribution in [-0.4, -0.2) is 38.7 Å². The molecule has 1 amide bonds. The van der Waals surface area contributed by atoms with E-state index in [4.69, 9.17) is 34.0 Å². The van der Waals surface area contributed by atoms with Crippen molar-refractivity contribution < 1.29 is 4.79 Å². The van der Waals surface area contributed by atoms with Crippen LogP contribution in [0.15, 0.2) is 48.8 Å². The molecule has 0 aliphatic carbocycles. The van der Waals surface area contributed by atoms with Crippen LogP contribution in [0.3, 0.4) is 0 Å². The Morgan fingerprint density at radius 3 is 2.79 bits per heavy atom. The number of nitrogen functional groups attached to an aromatic ring is 1. The Balaban J connectivity index is 1.56. The minimum absolute atomic E-state index is 0.136. The van der Waals surface area contributed by atoms with E-state index in [9.17, 15) is 4.79 Å². The van der Waals surface area contributed by atoms with E-state index >= 15 is 0 Å². The second kappa shape index (κ2) is 8.97. The van der Waals surface area contributed by atoms with Gasteiger partial charge in [-0.3, -0.25) is 9.48 Å². The Morgan fingerprint density at radius 2 is 2.06 bits per heavy atom. The maximum atomic E-state index is 12.7. The molecular formula is C23H21Cl2N7O. The fourth-order valence-corrected chi connectivity index (χ4v) is 4.63. The average molecular weight is 482 g/mol. The zero-order chi connectivity index (χ0) is 22.9. The molecule has 4 N–H and O–H groups in total. The van der Waals surface area contributed by atoms with E-state index < -0.39 is 0 Å². The number of hydrogen-bond acceptors (Lipinski definition) is 6. The van der Waals surface area contributed by atoms with Crippen LogP contribution in [0.1, 0.15) is 29.2 Å². The number of aromatic nitrogens is 4. The SMILES string of the molecule is Nc1ncc(Cl)c2c1c(-c1ccc(C(=O)Nc3ccccn3)cc1Cl)nn2C1CCCNC1. The van der Waals surface area contributed by atoms with Crippen molar-refractivity contribution in [1.29, 1.82) is 0 Å². The smallest absolute Gasteiger partial charge is 0.256 e. The number of piperidine rings is 1. The van der Waals surface area contributed by atoms with Gasteiger partial charge in [0.1, 0.15) is 17.3 Å². The largest absolute Gasteiger partial charge is 0.383 e. The topological polar surface area (TPSA) is 111 Å². The summed E-state index contributed by atoms with van der Waals surface area (Å²) < 4.78 is 1.93. The summed E-state index contributed by atoms with van der Waals surface area (Å²) in [6.07, 6.45) is 5.17. The van der Waals surface area contributed by atoms with E-state index in [2.05, 4.69) is 20.6 Å². The Labute approximate surface area is 200 Å². The van der Waals surface area contributed by atoms with E-state index in [1.807, 2.05) is 4.68 Å². The van der Waals surface area contributed by atoms with E-state index in [0.29, 0.717) is 43.9 Å². The van der Waals surface area contributed by atoms with Gasteiger partial charge in [-0.25, -0.2) is 9.97 Å². The molecule has 1 atom stereocenters. The van der Waals surface area contributed by atoms with Crippen LogP contribution in [-0.2, 0) is 0 Å². The Kier molecular flexibility index (Phi) is 5.88. The summed E-state index contributed by atoms with van der Waals surface area (Å²) in [6, 6.07) is 10.5. The van der Waals surface area contributed by atoms with Gasteiger partial charge in [-0.1, -0.05) is 35.3 Å². The van der Waals surface area contributed by atoms with Crippen LogP contribution in [0.4, 0.5) is 11.6 Å². The summed E-state index contributed by atoms with van der Waals surface area (Å²) in [5.41, 5.74) is 8.64. The van der Waals surface area contributed by atoms with Crippen LogP contribution >= 0.6 is 23.2 Å². The first-order chi connectivity index (χ1) is 16.0. The number of amides is 1. The maximum Gasteiger partial charge on any atom is 0.256 e. The number of rotatable bonds is 4. The van der Waals surface area contributed by atoms with Crippen LogP contribution in [0, 0.1) is 0 Å². The number of carbonyl (C=O) groups is 1. The summed E-state index contributed by atoms with van der Waals surface area (Å²) >= 11 is 13.2. The van der Waals surface area contributed by atoms with Crippen LogP contribution in [0.25, 0.3) is 22.2 Å². The lowest BCUT2D eigenvalue weighted by Gasteiger charge is -2.24. The van der Waals surface area contributed by atoms with Gasteiger partial charge >= 0.3 is 0 Å². The molecule has 1 saturated heterocycles. The molecule has 1 aliphatic heterocycles. The highest BCUT2D eigenvalue weighted by atomic mass is 35.5. The van der Waals surface area contributed by atoms with Gasteiger partial charge < -0.3 is 16.4 Å². The van der Waals surface area contributed by atoms with Gasteiger partial charge in [-0.05, 0) is 43.7 Å². The normalized spacial score (nSPS) is 16.1. The van der Waals surface area contributed by atoms with Gasteiger partial charge in [-0.2, -0.15) is 5.10 Å². The van der Waals surface area contributed by atoms with Crippen LogP contribution < -0.4 is 16.4 Å². The third-order valence-corrected chi connectivity index (χ3v) is 6.31. The van der Waals surface area contributed by atoms with E-state index in [0.717, 1.165) is 31.4 Å². The molecule has 33 heavy (non-hydrogen) atoms. The van der Waals surface area contributed by atoms with E-state index in [1.165, 1.54) is 0 Å². The van der Waals surface area contributed by atoms with Crippen molar-refractivity contribution >= 4 is 51.6 Å². The predicted octanol–water partition coefficient (Wildman–Crippen LogP) is 4.56. The molecule has 3 aromatic heterocycles. The van der Waals surface area contributed by atoms with Gasteiger partial charge in [0, 0.05) is 23.9 Å². The molecular weight excluding hydrogens is 461 g/mol. The van der Waals surface area contributed by atoms with E-state index in [-0.39, 0.29) is 11.9 Å². The summed E-state index contributed by atoms with van der Waals surface area (Å²) in [7, 11) is 0. The predicted molar refractivity (Wildman–Crippen MR) is 131 cm³/mol. The Bertz CT molecular complexity index is 1330. The van der Waals surface area contributed by atoms with Gasteiger partial charge in [-0.15, -0.1) is 0 Å². The molecule has 1 aliphatic rings. The third kappa shape index (κ3) is 4.13. The van der Waals surface area contributed by atoms with Crippen molar-refractivity contribution in [3.63, 3.8) is 0 Å². The Hall–Kier alpha value is -3.20. The number of nitrogens with two attached hydrogens (primary N) is 1. The monoisotopic (exact) mass is 481 g/mol. The number of benzene rings is 1. The van der Waals surface area contributed by atoms with Crippen molar-refractivity contribution in [2.75, 3.05) is 24.1 Å². The van der Waals surface area contributed by atoms with Gasteiger partial charge in [0.2, 0.25) is 0 Å². The minimum Gasteiger partial charge on any atom is -0.383 e. The number of pyridine rings is 2. The molecule has 0 saturated carbocycles. The highest BCUT2D eigenvalue weighted by molar-refractivity contribution is 6.36. The lowest BCUT2D eigenvalue weighted by atomic mass is 10.1. The number of anilines is 2. The quantitative estimate of drug-likeness (QED) is 0.393. The maximum absolute atomic E-state index is 12.7. The number of carbonyl (C=O) groups excluding carboxylic acids is 1. The van der Waals surface area contributed by atoms with Crippen molar-refractivity contribution in [3.8, 4) is 11.3 Å². The molecule has 0 spiro atoms. The number of fused-ring (bicyclic) bond motifs is 1. The molecule has 10 heteroatoms. The first-order valence-corrected chi connectivity index (χ1v) is 11.3. The molecule has 8 nitrogen and oxygen atoms in total. The highest BCUT2D eigenvalue weighted by Gasteiger charge is 2.25. The second-order valence-corrected chi connectivity index (χ2v) is 8.69. The lowest BCUT2D eigenvalue weighted by Crippen LogP contribution is -2.32. The fourth-order valence-electron chi connectivity index (χ4n) is 4.13. The van der Waals surface area contributed by atoms with Crippen molar-refractivity contribution in [2.45, 2.75) is 18.9 Å². The zero-order valence-corrected chi connectivity index (χ0v) is 19.1. The zero-order valence-electron chi connectivity index (χ0n) is 17.6. The lowest BCUT2D eigenvalue weighted by molar-refractivity contribution is 0.102. The molecule has 1 aromatic carbocycles. The molecule has 1 unspecified atom stereocenters. The van der Waals surface area contributed by atoms with Gasteiger partial charge in [0.05, 0.1) is 33.2 Å². The number of hydrogen-bond donors (Lipinski definition) is 3. The standard InChI is InChI=1S/C23H21Cl2N7O/c24-16-10-13(23(33)30-18-5-1-2-9-28-18)6-7-15(16)20-19-21(17(25)12-29-22(19)26)32(31-20)14-4-3-8-27-11-14/h1-2,5-7,9-10,12,14,27H,3-4,8,11H2,(H2,26,29)(H,28,30,33). The third-order valence-electron chi connectivity index (χ3n) is 5.72. The summed E-state index contributed by atoms with van der Waals surface area (Å²) in [4.78, 5) is 21.0.